The predicted molar refractivity (Wildman–Crippen MR) is 132 cm³/mol. The van der Waals surface area contributed by atoms with Gasteiger partial charge in [0, 0.05) is 23.7 Å². The lowest BCUT2D eigenvalue weighted by Gasteiger charge is -2.36. The smallest absolute Gasteiger partial charge is 0.123 e. The quantitative estimate of drug-likeness (QED) is 0.326. The molecular formula is C29H28ClF2NO. The molecule has 176 valence electrons. The molecule has 5 heteroatoms. The van der Waals surface area contributed by atoms with Gasteiger partial charge in [-0.15, -0.1) is 0 Å². The molecule has 0 N–H and O–H groups in total. The summed E-state index contributed by atoms with van der Waals surface area (Å²) in [5, 5.41) is 0.773. The number of fused-ring (bicyclic) bond motifs is 2. The van der Waals surface area contributed by atoms with E-state index in [1.807, 2.05) is 12.1 Å². The predicted octanol–water partition coefficient (Wildman–Crippen LogP) is 7.48. The Bertz CT molecular complexity index is 1070. The zero-order valence-electron chi connectivity index (χ0n) is 19.0. The Morgan fingerprint density at radius 3 is 1.88 bits per heavy atom. The molecule has 2 saturated heterocycles. The monoisotopic (exact) mass is 479 g/mol. The number of hydrogen-bond donors (Lipinski definition) is 0. The lowest BCUT2D eigenvalue weighted by Crippen LogP contribution is -2.39. The Kier molecular flexibility index (Phi) is 7.10. The molecule has 0 aliphatic carbocycles. The highest BCUT2D eigenvalue weighted by Gasteiger charge is 2.38. The summed E-state index contributed by atoms with van der Waals surface area (Å²) in [6.07, 6.45) is 6.41. The van der Waals surface area contributed by atoms with E-state index in [9.17, 15) is 8.78 Å². The van der Waals surface area contributed by atoms with Crippen molar-refractivity contribution in [2.24, 2.45) is 0 Å². The molecule has 5 rings (SSSR count). The molecule has 2 fully saturated rings. The van der Waals surface area contributed by atoms with E-state index < -0.39 is 0 Å². The van der Waals surface area contributed by atoms with Gasteiger partial charge in [-0.05, 0) is 78.8 Å². The Balaban J connectivity index is 1.25. The molecule has 2 nitrogen and oxygen atoms in total. The number of halogens is 3. The Morgan fingerprint density at radius 1 is 0.824 bits per heavy atom. The molecule has 0 amide bonds. The van der Waals surface area contributed by atoms with Crippen LogP contribution >= 0.6 is 11.6 Å². The van der Waals surface area contributed by atoms with Crippen molar-refractivity contribution in [1.82, 2.24) is 4.90 Å². The maximum atomic E-state index is 13.5. The highest BCUT2D eigenvalue weighted by atomic mass is 35.5. The Morgan fingerprint density at radius 2 is 1.35 bits per heavy atom. The third-order valence-electron chi connectivity index (χ3n) is 7.03. The van der Waals surface area contributed by atoms with Gasteiger partial charge in [-0.3, -0.25) is 4.90 Å². The minimum Gasteiger partial charge on any atom is -0.365 e. The van der Waals surface area contributed by atoms with Crippen molar-refractivity contribution in [2.75, 3.05) is 6.61 Å². The fourth-order valence-corrected chi connectivity index (χ4v) is 5.42. The molecule has 2 aliphatic heterocycles. The lowest BCUT2D eigenvalue weighted by molar-refractivity contribution is 0.102. The highest BCUT2D eigenvalue weighted by Crippen LogP contribution is 2.39. The first-order valence-corrected chi connectivity index (χ1v) is 12.2. The van der Waals surface area contributed by atoms with Crippen molar-refractivity contribution in [3.8, 4) is 0 Å². The minimum atomic E-state index is -0.375. The molecule has 0 aromatic heterocycles. The summed E-state index contributed by atoms with van der Waals surface area (Å²) in [7, 11) is 0. The van der Waals surface area contributed by atoms with E-state index in [4.69, 9.17) is 16.3 Å². The van der Waals surface area contributed by atoms with Gasteiger partial charge in [-0.25, -0.2) is 8.78 Å². The summed E-state index contributed by atoms with van der Waals surface area (Å²) in [5.74, 6) is -0.575. The minimum absolute atomic E-state index is 0.287. The first kappa shape index (κ1) is 23.2. The average molecular weight is 480 g/mol. The van der Waals surface area contributed by atoms with Gasteiger partial charge in [0.05, 0.1) is 6.61 Å². The van der Waals surface area contributed by atoms with Crippen LogP contribution in [0.3, 0.4) is 0 Å². The maximum Gasteiger partial charge on any atom is 0.123 e. The third-order valence-corrected chi connectivity index (χ3v) is 7.28. The van der Waals surface area contributed by atoms with Crippen molar-refractivity contribution in [3.63, 3.8) is 0 Å². The van der Waals surface area contributed by atoms with E-state index in [0.29, 0.717) is 18.7 Å². The molecule has 0 saturated carbocycles. The normalized spacial score (nSPS) is 20.2. The summed E-state index contributed by atoms with van der Waals surface area (Å²) in [6, 6.07) is 21.9. The van der Waals surface area contributed by atoms with Gasteiger partial charge < -0.3 is 4.74 Å². The van der Waals surface area contributed by atoms with Crippen molar-refractivity contribution in [2.45, 2.75) is 50.4 Å². The molecule has 3 aromatic rings. The number of hydrogen-bond acceptors (Lipinski definition) is 2. The van der Waals surface area contributed by atoms with E-state index in [-0.39, 0.29) is 17.7 Å². The number of rotatable bonds is 7. The van der Waals surface area contributed by atoms with Crippen LogP contribution in [0.25, 0.3) is 0 Å². The van der Waals surface area contributed by atoms with Crippen molar-refractivity contribution in [3.05, 3.63) is 118 Å². The third kappa shape index (κ3) is 5.41. The standard InChI is InChI=1S/C29H28ClF2NO/c30-24-7-1-20(2-8-24)19-33-27-13-14-28(33)18-21(17-27)15-16-34-29(22-3-9-25(31)10-4-22)23-5-11-26(32)12-6-23/h1-12,15,27-29H,13-14,16-19H2. The van der Waals surface area contributed by atoms with Gasteiger partial charge in [0.15, 0.2) is 0 Å². The van der Waals surface area contributed by atoms with Crippen LogP contribution in [0.1, 0.15) is 48.5 Å². The van der Waals surface area contributed by atoms with E-state index in [2.05, 4.69) is 23.1 Å². The van der Waals surface area contributed by atoms with E-state index in [1.165, 1.54) is 48.2 Å². The summed E-state index contributed by atoms with van der Waals surface area (Å²) in [4.78, 5) is 2.64. The summed E-state index contributed by atoms with van der Waals surface area (Å²) < 4.78 is 33.2. The van der Waals surface area contributed by atoms with Crippen LogP contribution in [-0.4, -0.2) is 23.6 Å². The van der Waals surface area contributed by atoms with E-state index >= 15 is 0 Å². The van der Waals surface area contributed by atoms with Crippen LogP contribution in [0.2, 0.25) is 5.02 Å². The second-order valence-electron chi connectivity index (χ2n) is 9.27. The van der Waals surface area contributed by atoms with Crippen molar-refractivity contribution in [1.29, 1.82) is 0 Å². The summed E-state index contributed by atoms with van der Waals surface area (Å²) >= 11 is 6.04. The number of ether oxygens (including phenoxy) is 1. The van der Waals surface area contributed by atoms with Gasteiger partial charge in [0.2, 0.25) is 0 Å². The molecule has 0 spiro atoms. The number of benzene rings is 3. The lowest BCUT2D eigenvalue weighted by atomic mass is 9.95. The molecule has 2 unspecified atom stereocenters. The van der Waals surface area contributed by atoms with Crippen LogP contribution in [-0.2, 0) is 11.3 Å². The highest BCUT2D eigenvalue weighted by molar-refractivity contribution is 6.30. The second kappa shape index (κ2) is 10.4. The molecule has 2 aliphatic rings. The van der Waals surface area contributed by atoms with Crippen LogP contribution in [0.15, 0.2) is 84.4 Å². The zero-order chi connectivity index (χ0) is 23.5. The van der Waals surface area contributed by atoms with Gasteiger partial charge >= 0.3 is 0 Å². The summed E-state index contributed by atoms with van der Waals surface area (Å²) in [6.45, 7) is 1.43. The van der Waals surface area contributed by atoms with Gasteiger partial charge in [0.25, 0.3) is 0 Å². The first-order chi connectivity index (χ1) is 16.5. The van der Waals surface area contributed by atoms with Crippen LogP contribution < -0.4 is 0 Å². The van der Waals surface area contributed by atoms with Crippen molar-refractivity contribution >= 4 is 11.6 Å². The van der Waals surface area contributed by atoms with Crippen LogP contribution in [0, 0.1) is 11.6 Å². The molecule has 34 heavy (non-hydrogen) atoms. The maximum absolute atomic E-state index is 13.5. The fraction of sp³-hybridized carbons (Fsp3) is 0.310. The fourth-order valence-electron chi connectivity index (χ4n) is 5.29. The zero-order valence-corrected chi connectivity index (χ0v) is 19.7. The second-order valence-corrected chi connectivity index (χ2v) is 9.71. The van der Waals surface area contributed by atoms with Crippen LogP contribution in [0.5, 0.6) is 0 Å². The molecule has 2 heterocycles. The Labute approximate surface area is 204 Å². The Hall–Kier alpha value is -2.53. The van der Waals surface area contributed by atoms with Crippen LogP contribution in [0.4, 0.5) is 8.78 Å². The van der Waals surface area contributed by atoms with Gasteiger partial charge in [-0.2, -0.15) is 0 Å². The van der Waals surface area contributed by atoms with E-state index in [1.54, 1.807) is 24.3 Å². The first-order valence-electron chi connectivity index (χ1n) is 11.9. The molecule has 0 radical (unpaired) electrons. The SMILES string of the molecule is Fc1ccc(C(OCC=C2CC3CCC(C2)N3Cc2ccc(Cl)cc2)c2ccc(F)cc2)cc1. The topological polar surface area (TPSA) is 12.5 Å². The van der Waals surface area contributed by atoms with Gasteiger partial charge in [0.1, 0.15) is 17.7 Å². The molecule has 2 bridgehead atoms. The van der Waals surface area contributed by atoms with Crippen molar-refractivity contribution < 1.29 is 13.5 Å². The average Bonchev–Trinajstić information content (AvgIpc) is 3.07. The van der Waals surface area contributed by atoms with Gasteiger partial charge in [-0.1, -0.05) is 59.6 Å². The number of piperidine rings is 1. The number of nitrogens with zero attached hydrogens (tertiary/aromatic N) is 1. The molecular weight excluding hydrogens is 452 g/mol. The van der Waals surface area contributed by atoms with E-state index in [0.717, 1.165) is 35.5 Å². The molecule has 2 atom stereocenters. The largest absolute Gasteiger partial charge is 0.365 e. The molecule has 3 aromatic carbocycles. The summed E-state index contributed by atoms with van der Waals surface area (Å²) in [5.41, 5.74) is 4.45.